The number of fused-ring (bicyclic) bond motifs is 1. The number of Topliss-reactive ketones (excluding diaryl/α,β-unsaturated/α-hetero) is 1. The van der Waals surface area contributed by atoms with Gasteiger partial charge in [-0.1, -0.05) is 41.9 Å². The summed E-state index contributed by atoms with van der Waals surface area (Å²) in [6.07, 6.45) is 1.46. The Kier molecular flexibility index (Phi) is 6.18. The molecule has 1 aliphatic heterocycles. The van der Waals surface area contributed by atoms with Crippen molar-refractivity contribution in [3.63, 3.8) is 0 Å². The van der Waals surface area contributed by atoms with Crippen LogP contribution >= 0.6 is 11.6 Å². The fourth-order valence-electron chi connectivity index (χ4n) is 4.27. The summed E-state index contributed by atoms with van der Waals surface area (Å²) in [6.45, 7) is 5.95. The second kappa shape index (κ2) is 8.92. The molecule has 0 unspecified atom stereocenters. The molecule has 3 heterocycles. The molecule has 33 heavy (non-hydrogen) atoms. The zero-order valence-corrected chi connectivity index (χ0v) is 19.3. The molecule has 0 aliphatic carbocycles. The van der Waals surface area contributed by atoms with Crippen molar-refractivity contribution in [1.82, 2.24) is 24.3 Å². The Morgan fingerprint density at radius 2 is 1.79 bits per heavy atom. The predicted molar refractivity (Wildman–Crippen MR) is 122 cm³/mol. The Labute approximate surface area is 195 Å². The molecule has 1 aromatic carbocycles. The van der Waals surface area contributed by atoms with Crippen molar-refractivity contribution in [2.45, 2.75) is 32.5 Å². The molecule has 172 valence electrons. The van der Waals surface area contributed by atoms with Crippen LogP contribution in [-0.2, 0) is 18.4 Å². The molecule has 0 spiro atoms. The van der Waals surface area contributed by atoms with Crippen molar-refractivity contribution in [2.24, 2.45) is 7.05 Å². The first-order valence-electron chi connectivity index (χ1n) is 10.6. The van der Waals surface area contributed by atoms with Crippen LogP contribution in [0.3, 0.4) is 0 Å². The summed E-state index contributed by atoms with van der Waals surface area (Å²) in [5.74, 6) is -3.13. The molecule has 1 amide bonds. The van der Waals surface area contributed by atoms with Crippen LogP contribution in [0.1, 0.15) is 40.4 Å². The summed E-state index contributed by atoms with van der Waals surface area (Å²) in [4.78, 5) is 49.4. The van der Waals surface area contributed by atoms with Crippen molar-refractivity contribution in [3.05, 3.63) is 58.6 Å². The number of halogens is 1. The van der Waals surface area contributed by atoms with Gasteiger partial charge in [-0.15, -0.1) is 0 Å². The number of amides is 1. The molecule has 0 saturated carbocycles. The van der Waals surface area contributed by atoms with E-state index in [4.69, 9.17) is 16.7 Å². The smallest absolute Gasteiger partial charge is 0.378 e. The van der Waals surface area contributed by atoms with Gasteiger partial charge < -0.3 is 14.6 Å². The van der Waals surface area contributed by atoms with E-state index in [2.05, 4.69) is 33.9 Å². The Morgan fingerprint density at radius 1 is 1.09 bits per heavy atom. The summed E-state index contributed by atoms with van der Waals surface area (Å²) >= 11 is 6.30. The summed E-state index contributed by atoms with van der Waals surface area (Å²) in [7, 11) is 1.52. The summed E-state index contributed by atoms with van der Waals surface area (Å²) < 4.78 is 1.33. The van der Waals surface area contributed by atoms with E-state index in [9.17, 15) is 14.4 Å². The molecule has 0 radical (unpaired) electrons. The van der Waals surface area contributed by atoms with Crippen molar-refractivity contribution in [3.8, 4) is 0 Å². The Morgan fingerprint density at radius 3 is 2.45 bits per heavy atom. The highest BCUT2D eigenvalue weighted by molar-refractivity contribution is 6.41. The van der Waals surface area contributed by atoms with E-state index < -0.39 is 17.7 Å². The minimum atomic E-state index is -1.61. The zero-order valence-electron chi connectivity index (χ0n) is 18.5. The van der Waals surface area contributed by atoms with Crippen LogP contribution in [0.2, 0.25) is 5.15 Å². The van der Waals surface area contributed by atoms with Crippen LogP contribution in [0.5, 0.6) is 0 Å². The molecule has 4 rings (SSSR count). The summed E-state index contributed by atoms with van der Waals surface area (Å²) in [5.41, 5.74) is 1.25. The minimum absolute atomic E-state index is 0.0427. The van der Waals surface area contributed by atoms with E-state index in [1.807, 2.05) is 25.1 Å². The number of benzene rings is 1. The molecular formula is C23H24ClN5O4. The quantitative estimate of drug-likeness (QED) is 0.452. The lowest BCUT2D eigenvalue weighted by Crippen LogP contribution is -2.57. The lowest BCUT2D eigenvalue weighted by molar-refractivity contribution is -0.131. The van der Waals surface area contributed by atoms with E-state index in [-0.39, 0.29) is 39.7 Å². The average Bonchev–Trinajstić information content (AvgIpc) is 3.09. The van der Waals surface area contributed by atoms with Crippen LogP contribution in [0.15, 0.2) is 36.5 Å². The highest BCUT2D eigenvalue weighted by Gasteiger charge is 2.35. The Bertz CT molecular complexity index is 1240. The monoisotopic (exact) mass is 469 g/mol. The third kappa shape index (κ3) is 4.34. The summed E-state index contributed by atoms with van der Waals surface area (Å²) in [5, 5.41) is 9.07. The van der Waals surface area contributed by atoms with Gasteiger partial charge in [-0.3, -0.25) is 14.5 Å². The number of carbonyl (C=O) groups is 3. The highest BCUT2D eigenvalue weighted by Crippen LogP contribution is 2.25. The second-order valence-electron chi connectivity index (χ2n) is 8.39. The van der Waals surface area contributed by atoms with E-state index in [1.165, 1.54) is 23.4 Å². The third-order valence-electron chi connectivity index (χ3n) is 5.99. The van der Waals surface area contributed by atoms with Crippen LogP contribution < -0.4 is 0 Å². The van der Waals surface area contributed by atoms with Gasteiger partial charge in [-0.2, -0.15) is 0 Å². The van der Waals surface area contributed by atoms with Crippen molar-refractivity contribution in [1.29, 1.82) is 0 Å². The number of nitrogens with zero attached hydrogens (tertiary/aromatic N) is 5. The molecule has 2 aromatic heterocycles. The number of piperazine rings is 1. The van der Waals surface area contributed by atoms with Crippen molar-refractivity contribution in [2.75, 3.05) is 13.1 Å². The van der Waals surface area contributed by atoms with Crippen LogP contribution in [0, 0.1) is 0 Å². The molecule has 1 aliphatic rings. The van der Waals surface area contributed by atoms with Gasteiger partial charge in [0.2, 0.25) is 0 Å². The van der Waals surface area contributed by atoms with Crippen LogP contribution in [0.25, 0.3) is 11.0 Å². The van der Waals surface area contributed by atoms with Gasteiger partial charge in [-0.05, 0) is 19.4 Å². The van der Waals surface area contributed by atoms with Gasteiger partial charge >= 0.3 is 5.97 Å². The fraction of sp³-hybridized carbons (Fsp3) is 0.348. The molecule has 10 heteroatoms. The first-order valence-corrected chi connectivity index (χ1v) is 10.9. The number of aliphatic carboxylic acids is 1. The van der Waals surface area contributed by atoms with Crippen molar-refractivity contribution < 1.29 is 19.5 Å². The second-order valence-corrected chi connectivity index (χ2v) is 8.75. The van der Waals surface area contributed by atoms with E-state index in [0.717, 1.165) is 6.54 Å². The fourth-order valence-corrected chi connectivity index (χ4v) is 4.48. The van der Waals surface area contributed by atoms with Gasteiger partial charge in [0, 0.05) is 45.0 Å². The average molecular weight is 470 g/mol. The number of carboxylic acids is 1. The molecule has 1 fully saturated rings. The van der Waals surface area contributed by atoms with E-state index >= 15 is 0 Å². The number of aromatic nitrogens is 3. The molecule has 0 bridgehead atoms. The number of carboxylic acid groups (broad SMARTS) is 1. The Hall–Kier alpha value is -3.30. The molecule has 2 atom stereocenters. The van der Waals surface area contributed by atoms with Gasteiger partial charge in [-0.25, -0.2) is 14.8 Å². The lowest BCUT2D eigenvalue weighted by Gasteiger charge is -2.44. The predicted octanol–water partition coefficient (Wildman–Crippen LogP) is 2.62. The normalized spacial score (nSPS) is 19.1. The number of rotatable bonds is 5. The Balaban J connectivity index is 1.62. The van der Waals surface area contributed by atoms with Gasteiger partial charge in [0.1, 0.15) is 16.7 Å². The highest BCUT2D eigenvalue weighted by atomic mass is 35.5. The van der Waals surface area contributed by atoms with Crippen molar-refractivity contribution >= 4 is 40.3 Å². The van der Waals surface area contributed by atoms with E-state index in [0.29, 0.717) is 13.1 Å². The standard InChI is InChI=1S/C23H24ClN5O4/c1-13-10-29(14(2)9-28(13)11-15-7-5-4-6-8-15)22(31)18-21(24)25-16-12-27(3)19(17(16)26-18)20(30)23(32)33/h4-8,12-14H,9-11H2,1-3H3,(H,32,33)/t13-,14+/m0/s1. The molecule has 9 nitrogen and oxygen atoms in total. The minimum Gasteiger partial charge on any atom is -0.475 e. The lowest BCUT2D eigenvalue weighted by atomic mass is 10.1. The maximum atomic E-state index is 13.4. The van der Waals surface area contributed by atoms with Crippen LogP contribution in [0.4, 0.5) is 0 Å². The maximum Gasteiger partial charge on any atom is 0.378 e. The number of aryl methyl sites for hydroxylation is 1. The van der Waals surface area contributed by atoms with Gasteiger partial charge in [0.05, 0.1) is 0 Å². The third-order valence-corrected chi connectivity index (χ3v) is 6.25. The zero-order chi connectivity index (χ0) is 23.9. The first kappa shape index (κ1) is 22.9. The van der Waals surface area contributed by atoms with Gasteiger partial charge in [0.15, 0.2) is 10.8 Å². The molecule has 1 N–H and O–H groups in total. The topological polar surface area (TPSA) is 109 Å². The SMILES string of the molecule is C[C@@H]1CN(Cc2ccccc2)[C@@H](C)CN1C(=O)c1nc2c(C(=O)C(=O)O)n(C)cc2nc1Cl. The number of carbonyl (C=O) groups excluding carboxylic acids is 2. The van der Waals surface area contributed by atoms with Crippen LogP contribution in [-0.4, -0.2) is 72.3 Å². The largest absolute Gasteiger partial charge is 0.475 e. The number of ketones is 1. The molecular weight excluding hydrogens is 446 g/mol. The maximum absolute atomic E-state index is 13.4. The first-order chi connectivity index (χ1) is 15.7. The number of hydrogen-bond donors (Lipinski definition) is 1. The van der Waals surface area contributed by atoms with E-state index in [1.54, 1.807) is 4.90 Å². The summed E-state index contributed by atoms with van der Waals surface area (Å²) in [6, 6.07) is 10.1. The molecule has 1 saturated heterocycles. The molecule has 3 aromatic rings. The number of hydrogen-bond acceptors (Lipinski definition) is 6. The van der Waals surface area contributed by atoms with Gasteiger partial charge in [0.25, 0.3) is 11.7 Å².